The van der Waals surface area contributed by atoms with Crippen molar-refractivity contribution in [2.75, 3.05) is 31.2 Å². The van der Waals surface area contributed by atoms with Gasteiger partial charge in [0.25, 0.3) is 5.91 Å². The lowest BCUT2D eigenvalue weighted by Gasteiger charge is -2.25. The average molecular weight is 414 g/mol. The number of ether oxygens (including phenoxy) is 1. The number of nitrogens with zero attached hydrogens (tertiary/aromatic N) is 5. The van der Waals surface area contributed by atoms with Crippen molar-refractivity contribution in [1.82, 2.24) is 20.1 Å². The maximum atomic E-state index is 12.4. The van der Waals surface area contributed by atoms with Gasteiger partial charge in [0.15, 0.2) is 10.9 Å². The number of nitrogens with one attached hydrogen (secondary N) is 1. The van der Waals surface area contributed by atoms with Crippen molar-refractivity contribution in [2.45, 2.75) is 20.8 Å². The van der Waals surface area contributed by atoms with Gasteiger partial charge in [-0.1, -0.05) is 5.16 Å². The molecule has 0 aromatic carbocycles. The molecule has 9 nitrogen and oxygen atoms in total. The van der Waals surface area contributed by atoms with Crippen LogP contribution in [0.25, 0.3) is 5.82 Å². The smallest absolute Gasteiger partial charge is 0.290 e. The van der Waals surface area contributed by atoms with Gasteiger partial charge in [0.2, 0.25) is 0 Å². The summed E-state index contributed by atoms with van der Waals surface area (Å²) < 4.78 is 12.5. The van der Waals surface area contributed by atoms with Crippen LogP contribution < -0.4 is 10.3 Å². The van der Waals surface area contributed by atoms with Gasteiger partial charge in [0.1, 0.15) is 11.5 Å². The second-order valence-corrected chi connectivity index (χ2v) is 7.61. The highest BCUT2D eigenvalue weighted by Crippen LogP contribution is 2.22. The first-order valence-corrected chi connectivity index (χ1v) is 10.1. The molecule has 1 fully saturated rings. The molecule has 1 saturated heterocycles. The van der Waals surface area contributed by atoms with Crippen molar-refractivity contribution in [3.05, 3.63) is 45.9 Å². The van der Waals surface area contributed by atoms with Gasteiger partial charge in [0, 0.05) is 41.5 Å². The van der Waals surface area contributed by atoms with Crippen LogP contribution in [0.2, 0.25) is 0 Å². The van der Waals surface area contributed by atoms with Gasteiger partial charge in [-0.25, -0.2) is 10.4 Å². The first-order valence-electron chi connectivity index (χ1n) is 9.27. The van der Waals surface area contributed by atoms with Crippen LogP contribution in [0.4, 0.5) is 5.13 Å². The fourth-order valence-corrected chi connectivity index (χ4v) is 4.08. The van der Waals surface area contributed by atoms with Crippen LogP contribution in [0, 0.1) is 20.8 Å². The summed E-state index contributed by atoms with van der Waals surface area (Å²) in [5.41, 5.74) is 5.75. The molecule has 4 heterocycles. The molecule has 0 radical (unpaired) electrons. The van der Waals surface area contributed by atoms with Crippen molar-refractivity contribution < 1.29 is 14.1 Å². The number of amides is 1. The number of carbonyl (C=O) groups excluding carboxylic acids is 1. The highest BCUT2D eigenvalue weighted by atomic mass is 32.1. The highest BCUT2D eigenvalue weighted by molar-refractivity contribution is 7.13. The van der Waals surface area contributed by atoms with Gasteiger partial charge in [-0.05, 0) is 26.8 Å². The van der Waals surface area contributed by atoms with Crippen LogP contribution in [0.15, 0.2) is 27.1 Å². The van der Waals surface area contributed by atoms with E-state index < -0.39 is 0 Å². The van der Waals surface area contributed by atoms with Crippen molar-refractivity contribution in [2.24, 2.45) is 5.10 Å². The molecule has 1 amide bonds. The topological polar surface area (TPSA) is 97.8 Å². The molecule has 1 aliphatic rings. The van der Waals surface area contributed by atoms with E-state index in [0.29, 0.717) is 18.9 Å². The summed E-state index contributed by atoms with van der Waals surface area (Å²) in [6.45, 7) is 8.73. The number of aromatic nitrogens is 3. The summed E-state index contributed by atoms with van der Waals surface area (Å²) in [7, 11) is 0. The Hall–Kier alpha value is -2.98. The van der Waals surface area contributed by atoms with Gasteiger partial charge in [-0.15, -0.1) is 11.3 Å². The van der Waals surface area contributed by atoms with E-state index in [1.165, 1.54) is 11.3 Å². The van der Waals surface area contributed by atoms with Gasteiger partial charge >= 0.3 is 0 Å². The van der Waals surface area contributed by atoms with Gasteiger partial charge in [0.05, 0.1) is 19.4 Å². The minimum Gasteiger partial charge on any atom is -0.378 e. The van der Waals surface area contributed by atoms with E-state index in [1.807, 2.05) is 37.5 Å². The van der Waals surface area contributed by atoms with Crippen molar-refractivity contribution in [3.63, 3.8) is 0 Å². The second kappa shape index (κ2) is 8.18. The monoisotopic (exact) mass is 414 g/mol. The number of anilines is 1. The minimum absolute atomic E-state index is 0.335. The summed E-state index contributed by atoms with van der Waals surface area (Å²) in [4.78, 5) is 18.9. The first-order chi connectivity index (χ1) is 14.0. The van der Waals surface area contributed by atoms with E-state index in [0.717, 1.165) is 46.8 Å². The Labute approximate surface area is 172 Å². The summed E-state index contributed by atoms with van der Waals surface area (Å²) in [5.74, 6) is 1.13. The predicted octanol–water partition coefficient (Wildman–Crippen LogP) is 2.45. The quantitative estimate of drug-likeness (QED) is 0.509. The number of hydrazone groups is 1. The number of thiazole rings is 1. The van der Waals surface area contributed by atoms with E-state index in [9.17, 15) is 4.79 Å². The molecule has 29 heavy (non-hydrogen) atoms. The fourth-order valence-electron chi connectivity index (χ4n) is 3.22. The zero-order valence-corrected chi connectivity index (χ0v) is 17.3. The van der Waals surface area contributed by atoms with Crippen LogP contribution in [-0.4, -0.2) is 53.1 Å². The van der Waals surface area contributed by atoms with E-state index in [1.54, 1.807) is 11.6 Å². The molecule has 4 rings (SSSR count). The van der Waals surface area contributed by atoms with Crippen molar-refractivity contribution in [3.8, 4) is 5.82 Å². The third-order valence-corrected chi connectivity index (χ3v) is 5.59. The van der Waals surface area contributed by atoms with Crippen LogP contribution in [0.1, 0.15) is 33.2 Å². The molecule has 10 heteroatoms. The number of aryl methyl sites for hydroxylation is 2. The molecule has 0 bridgehead atoms. The Balaban J connectivity index is 1.43. The van der Waals surface area contributed by atoms with E-state index in [4.69, 9.17) is 9.26 Å². The number of hydrogen-bond donors (Lipinski definition) is 1. The van der Waals surface area contributed by atoms with Gasteiger partial charge in [-0.3, -0.25) is 9.36 Å². The van der Waals surface area contributed by atoms with Crippen LogP contribution in [0.5, 0.6) is 0 Å². The second-order valence-electron chi connectivity index (χ2n) is 6.77. The Kier molecular flexibility index (Phi) is 5.45. The third kappa shape index (κ3) is 4.08. The van der Waals surface area contributed by atoms with Gasteiger partial charge < -0.3 is 14.2 Å². The van der Waals surface area contributed by atoms with E-state index >= 15 is 0 Å². The van der Waals surface area contributed by atoms with Crippen LogP contribution in [0.3, 0.4) is 0 Å². The molecule has 3 aromatic heterocycles. The molecule has 152 valence electrons. The molecule has 1 N–H and O–H groups in total. The standard InChI is InChI=1S/C19H22N6O3S/c1-12-8-15(14(3)25(12)17-9-13(2)28-23-17)10-20-22-18(26)16-11-29-19(21-16)24-4-6-27-7-5-24/h8-11H,4-7H2,1-3H3,(H,22,26)/b20-10-. The number of hydrogen-bond acceptors (Lipinski definition) is 8. The van der Waals surface area contributed by atoms with Gasteiger partial charge in [-0.2, -0.15) is 5.10 Å². The zero-order valence-electron chi connectivity index (χ0n) is 16.5. The SMILES string of the molecule is Cc1cc(-n2c(C)cc(/C=N\NC(=O)c3csc(N4CCOCC4)n3)c2C)no1. The Morgan fingerprint density at radius 2 is 2.07 bits per heavy atom. The summed E-state index contributed by atoms with van der Waals surface area (Å²) >= 11 is 1.45. The van der Waals surface area contributed by atoms with Crippen molar-refractivity contribution in [1.29, 1.82) is 0 Å². The molecule has 0 spiro atoms. The van der Waals surface area contributed by atoms with E-state index in [-0.39, 0.29) is 5.91 Å². The molecule has 0 atom stereocenters. The normalized spacial score (nSPS) is 14.7. The molecular formula is C19H22N6O3S. The lowest BCUT2D eigenvalue weighted by atomic mass is 10.3. The Bertz CT molecular complexity index is 1040. The number of morpholine rings is 1. The van der Waals surface area contributed by atoms with Crippen LogP contribution >= 0.6 is 11.3 Å². The minimum atomic E-state index is -0.335. The maximum Gasteiger partial charge on any atom is 0.290 e. The predicted molar refractivity (Wildman–Crippen MR) is 110 cm³/mol. The molecule has 0 saturated carbocycles. The largest absolute Gasteiger partial charge is 0.378 e. The Morgan fingerprint density at radius 3 is 2.79 bits per heavy atom. The van der Waals surface area contributed by atoms with E-state index in [2.05, 4.69) is 25.6 Å². The molecule has 0 aliphatic carbocycles. The Morgan fingerprint density at radius 1 is 1.28 bits per heavy atom. The average Bonchev–Trinajstić information content (AvgIpc) is 3.43. The highest BCUT2D eigenvalue weighted by Gasteiger charge is 2.17. The molecule has 3 aromatic rings. The maximum absolute atomic E-state index is 12.4. The number of carbonyl (C=O) groups is 1. The summed E-state index contributed by atoms with van der Waals surface area (Å²) in [5, 5.41) is 10.7. The third-order valence-electron chi connectivity index (χ3n) is 4.69. The van der Waals surface area contributed by atoms with Crippen LogP contribution in [-0.2, 0) is 4.74 Å². The fraction of sp³-hybridized carbons (Fsp3) is 0.368. The number of rotatable bonds is 5. The van der Waals surface area contributed by atoms with Crippen molar-refractivity contribution >= 4 is 28.6 Å². The first kappa shape index (κ1) is 19.3. The molecular weight excluding hydrogens is 392 g/mol. The zero-order chi connectivity index (χ0) is 20.4. The molecule has 0 unspecified atom stereocenters. The lowest BCUT2D eigenvalue weighted by molar-refractivity contribution is 0.0951. The summed E-state index contributed by atoms with van der Waals surface area (Å²) in [6, 6.07) is 3.85. The molecule has 1 aliphatic heterocycles. The lowest BCUT2D eigenvalue weighted by Crippen LogP contribution is -2.36. The summed E-state index contributed by atoms with van der Waals surface area (Å²) in [6.07, 6.45) is 1.62.